The van der Waals surface area contributed by atoms with Gasteiger partial charge in [-0.2, -0.15) is 4.98 Å². The summed E-state index contributed by atoms with van der Waals surface area (Å²) in [6, 6.07) is 0.479. The van der Waals surface area contributed by atoms with Crippen LogP contribution in [0.3, 0.4) is 0 Å². The Bertz CT molecular complexity index is 233. The zero-order valence-electron chi connectivity index (χ0n) is 7.37. The molecular weight excluding hydrogens is 156 g/mol. The van der Waals surface area contributed by atoms with Crippen LogP contribution in [0.5, 0.6) is 0 Å². The van der Waals surface area contributed by atoms with E-state index in [0.717, 1.165) is 6.54 Å². The quantitative estimate of drug-likeness (QED) is 0.713. The molecule has 0 fully saturated rings. The van der Waals surface area contributed by atoms with Crippen LogP contribution >= 0.6 is 0 Å². The van der Waals surface area contributed by atoms with Gasteiger partial charge in [0, 0.05) is 6.54 Å². The van der Waals surface area contributed by atoms with E-state index in [0.29, 0.717) is 17.6 Å². The third kappa shape index (κ3) is 2.54. The molecule has 4 nitrogen and oxygen atoms in total. The van der Waals surface area contributed by atoms with E-state index in [1.807, 2.05) is 0 Å². The molecule has 0 aliphatic heterocycles. The van der Waals surface area contributed by atoms with Crippen molar-refractivity contribution < 1.29 is 9.52 Å². The summed E-state index contributed by atoms with van der Waals surface area (Å²) in [5, 5.41) is 11.7. The first-order valence-corrected chi connectivity index (χ1v) is 4.01. The SMILES string of the molecule is CC(C)CNc1nc(CO)co1. The Morgan fingerprint density at radius 2 is 2.42 bits per heavy atom. The van der Waals surface area contributed by atoms with Crippen molar-refractivity contribution in [2.45, 2.75) is 20.5 Å². The van der Waals surface area contributed by atoms with E-state index in [1.54, 1.807) is 0 Å². The van der Waals surface area contributed by atoms with Crippen molar-refractivity contribution in [2.24, 2.45) is 5.92 Å². The largest absolute Gasteiger partial charge is 0.432 e. The normalized spacial score (nSPS) is 10.7. The number of nitrogens with one attached hydrogen (secondary N) is 1. The average molecular weight is 170 g/mol. The number of aliphatic hydroxyl groups excluding tert-OH is 1. The molecular formula is C8H14N2O2. The van der Waals surface area contributed by atoms with Crippen molar-refractivity contribution in [3.05, 3.63) is 12.0 Å². The maximum Gasteiger partial charge on any atom is 0.294 e. The van der Waals surface area contributed by atoms with Crippen LogP contribution < -0.4 is 5.32 Å². The first-order valence-electron chi connectivity index (χ1n) is 4.01. The van der Waals surface area contributed by atoms with Crippen LogP contribution in [0.2, 0.25) is 0 Å². The van der Waals surface area contributed by atoms with Crippen LogP contribution in [-0.2, 0) is 6.61 Å². The zero-order chi connectivity index (χ0) is 8.97. The van der Waals surface area contributed by atoms with Gasteiger partial charge in [0.2, 0.25) is 0 Å². The van der Waals surface area contributed by atoms with E-state index in [1.165, 1.54) is 6.26 Å². The summed E-state index contributed by atoms with van der Waals surface area (Å²) in [6.07, 6.45) is 1.45. The zero-order valence-corrected chi connectivity index (χ0v) is 7.37. The van der Waals surface area contributed by atoms with Gasteiger partial charge in [0.05, 0.1) is 6.61 Å². The molecule has 0 aromatic carbocycles. The molecule has 68 valence electrons. The van der Waals surface area contributed by atoms with Crippen LogP contribution in [0.4, 0.5) is 6.01 Å². The summed E-state index contributed by atoms with van der Waals surface area (Å²) in [4.78, 5) is 3.97. The Balaban J connectivity index is 2.41. The monoisotopic (exact) mass is 170 g/mol. The maximum absolute atomic E-state index is 8.68. The third-order valence-electron chi connectivity index (χ3n) is 1.38. The van der Waals surface area contributed by atoms with E-state index >= 15 is 0 Å². The second-order valence-corrected chi connectivity index (χ2v) is 3.08. The van der Waals surface area contributed by atoms with Crippen LogP contribution in [-0.4, -0.2) is 16.6 Å². The highest BCUT2D eigenvalue weighted by Gasteiger charge is 2.01. The highest BCUT2D eigenvalue weighted by Crippen LogP contribution is 2.07. The molecule has 1 heterocycles. The van der Waals surface area contributed by atoms with Crippen LogP contribution in [0.1, 0.15) is 19.5 Å². The van der Waals surface area contributed by atoms with Gasteiger partial charge in [0.25, 0.3) is 6.01 Å². The van der Waals surface area contributed by atoms with Gasteiger partial charge in [-0.25, -0.2) is 0 Å². The minimum atomic E-state index is -0.0765. The van der Waals surface area contributed by atoms with Gasteiger partial charge < -0.3 is 14.8 Å². The molecule has 2 N–H and O–H groups in total. The van der Waals surface area contributed by atoms with Gasteiger partial charge in [-0.15, -0.1) is 0 Å². The molecule has 0 atom stereocenters. The Morgan fingerprint density at radius 1 is 1.67 bits per heavy atom. The topological polar surface area (TPSA) is 58.3 Å². The Kier molecular flexibility index (Phi) is 3.10. The first kappa shape index (κ1) is 9.06. The minimum Gasteiger partial charge on any atom is -0.432 e. The molecule has 0 aliphatic rings. The molecule has 1 rings (SSSR count). The van der Waals surface area contributed by atoms with Crippen molar-refractivity contribution in [3.63, 3.8) is 0 Å². The standard InChI is InChI=1S/C8H14N2O2/c1-6(2)3-9-8-10-7(4-11)5-12-8/h5-6,11H,3-4H2,1-2H3,(H,9,10). The summed E-state index contributed by atoms with van der Waals surface area (Å²) in [5.41, 5.74) is 0.557. The van der Waals surface area contributed by atoms with Crippen molar-refractivity contribution in [1.29, 1.82) is 0 Å². The number of oxazole rings is 1. The summed E-state index contributed by atoms with van der Waals surface area (Å²) in [7, 11) is 0. The molecule has 4 heteroatoms. The summed E-state index contributed by atoms with van der Waals surface area (Å²) in [5.74, 6) is 0.550. The van der Waals surface area contributed by atoms with Crippen molar-refractivity contribution in [3.8, 4) is 0 Å². The molecule has 0 radical (unpaired) electrons. The Morgan fingerprint density at radius 3 is 2.92 bits per heavy atom. The van der Waals surface area contributed by atoms with Crippen molar-refractivity contribution >= 4 is 6.01 Å². The number of rotatable bonds is 4. The third-order valence-corrected chi connectivity index (χ3v) is 1.38. The fourth-order valence-electron chi connectivity index (χ4n) is 0.752. The average Bonchev–Trinajstić information content (AvgIpc) is 2.48. The Labute approximate surface area is 71.6 Å². The predicted octanol–water partition coefficient (Wildman–Crippen LogP) is 1.23. The molecule has 0 saturated carbocycles. The lowest BCUT2D eigenvalue weighted by Gasteiger charge is -2.03. The smallest absolute Gasteiger partial charge is 0.294 e. The summed E-state index contributed by atoms with van der Waals surface area (Å²) >= 11 is 0. The molecule has 0 spiro atoms. The van der Waals surface area contributed by atoms with Gasteiger partial charge in [-0.3, -0.25) is 0 Å². The highest BCUT2D eigenvalue weighted by atomic mass is 16.4. The Hall–Kier alpha value is -1.03. The number of aliphatic hydroxyl groups is 1. The van der Waals surface area contributed by atoms with Crippen LogP contribution in [0.25, 0.3) is 0 Å². The molecule has 0 saturated heterocycles. The first-order chi connectivity index (χ1) is 5.72. The van der Waals surface area contributed by atoms with E-state index < -0.39 is 0 Å². The molecule has 0 amide bonds. The number of hydrogen-bond donors (Lipinski definition) is 2. The van der Waals surface area contributed by atoms with Gasteiger partial charge in [-0.05, 0) is 5.92 Å². The van der Waals surface area contributed by atoms with Crippen molar-refractivity contribution in [2.75, 3.05) is 11.9 Å². The number of hydrogen-bond acceptors (Lipinski definition) is 4. The lowest BCUT2D eigenvalue weighted by molar-refractivity contribution is 0.276. The van der Waals surface area contributed by atoms with Crippen LogP contribution in [0, 0.1) is 5.92 Å². The fraction of sp³-hybridized carbons (Fsp3) is 0.625. The summed E-state index contributed by atoms with van der Waals surface area (Å²) in [6.45, 7) is 4.95. The maximum atomic E-state index is 8.68. The lowest BCUT2D eigenvalue weighted by Crippen LogP contribution is -2.07. The van der Waals surface area contributed by atoms with Gasteiger partial charge >= 0.3 is 0 Å². The molecule has 0 unspecified atom stereocenters. The highest BCUT2D eigenvalue weighted by molar-refractivity contribution is 5.20. The van der Waals surface area contributed by atoms with E-state index in [9.17, 15) is 0 Å². The lowest BCUT2D eigenvalue weighted by atomic mass is 10.2. The number of aromatic nitrogens is 1. The fourth-order valence-corrected chi connectivity index (χ4v) is 0.752. The molecule has 1 aromatic heterocycles. The molecule has 1 aromatic rings. The van der Waals surface area contributed by atoms with Crippen molar-refractivity contribution in [1.82, 2.24) is 4.98 Å². The molecule has 0 aliphatic carbocycles. The van der Waals surface area contributed by atoms with Gasteiger partial charge in [0.15, 0.2) is 0 Å². The van der Waals surface area contributed by atoms with Crippen LogP contribution in [0.15, 0.2) is 10.7 Å². The van der Waals surface area contributed by atoms with E-state index in [4.69, 9.17) is 9.52 Å². The van der Waals surface area contributed by atoms with Gasteiger partial charge in [0.1, 0.15) is 12.0 Å². The van der Waals surface area contributed by atoms with Gasteiger partial charge in [-0.1, -0.05) is 13.8 Å². The number of nitrogens with zero attached hydrogens (tertiary/aromatic N) is 1. The molecule has 12 heavy (non-hydrogen) atoms. The molecule has 0 bridgehead atoms. The van der Waals surface area contributed by atoms with E-state index in [2.05, 4.69) is 24.1 Å². The second-order valence-electron chi connectivity index (χ2n) is 3.08. The summed E-state index contributed by atoms with van der Waals surface area (Å²) < 4.78 is 5.02. The minimum absolute atomic E-state index is 0.0765. The second kappa shape index (κ2) is 4.11. The predicted molar refractivity (Wildman–Crippen MR) is 45.8 cm³/mol. The van der Waals surface area contributed by atoms with E-state index in [-0.39, 0.29) is 6.61 Å². The number of anilines is 1.